The molecule has 0 bridgehead atoms. The summed E-state index contributed by atoms with van der Waals surface area (Å²) < 4.78 is 33.1. The topological polar surface area (TPSA) is 34.1 Å². The van der Waals surface area contributed by atoms with Crippen LogP contribution in [0.3, 0.4) is 0 Å². The molecule has 0 saturated heterocycles. The molecule has 12 heavy (non-hydrogen) atoms. The molecule has 0 amide bonds. The van der Waals surface area contributed by atoms with Gasteiger partial charge in [0.1, 0.15) is 16.5 Å². The van der Waals surface area contributed by atoms with Crippen LogP contribution in [-0.4, -0.2) is 8.42 Å². The summed E-state index contributed by atoms with van der Waals surface area (Å²) in [5, 5.41) is 0.210. The van der Waals surface area contributed by atoms with Crippen LogP contribution in [0.5, 0.6) is 0 Å². The van der Waals surface area contributed by atoms with Crippen LogP contribution in [0, 0.1) is 5.82 Å². The third kappa shape index (κ3) is 2.79. The first-order valence-corrected chi connectivity index (χ1v) is 4.89. The summed E-state index contributed by atoms with van der Waals surface area (Å²) in [4.78, 5) is 0. The molecule has 1 aromatic rings. The zero-order chi connectivity index (χ0) is 9.14. The van der Waals surface area contributed by atoms with Gasteiger partial charge in [-0.25, -0.2) is 12.8 Å². The van der Waals surface area contributed by atoms with E-state index in [0.717, 1.165) is 12.1 Å². The van der Waals surface area contributed by atoms with Crippen molar-refractivity contribution in [3.8, 4) is 0 Å². The van der Waals surface area contributed by atoms with Crippen LogP contribution in [0.15, 0.2) is 18.2 Å². The third-order valence-corrected chi connectivity index (χ3v) is 2.08. The summed E-state index contributed by atoms with van der Waals surface area (Å²) >= 11 is 5.50. The predicted molar refractivity (Wildman–Crippen MR) is 45.4 cm³/mol. The number of hydrogen-bond donors (Lipinski definition) is 1. The van der Waals surface area contributed by atoms with Crippen molar-refractivity contribution in [2.45, 2.75) is 5.75 Å². The lowest BCUT2D eigenvalue weighted by atomic mass is 10.2. The Morgan fingerprint density at radius 2 is 2.00 bits per heavy atom. The van der Waals surface area contributed by atoms with E-state index in [2.05, 4.69) is 0 Å². The molecule has 0 aromatic heterocycles. The van der Waals surface area contributed by atoms with Gasteiger partial charge in [-0.05, 0) is 23.8 Å². The maximum atomic E-state index is 12.6. The maximum absolute atomic E-state index is 12.6. The van der Waals surface area contributed by atoms with Gasteiger partial charge in [0.2, 0.25) is 0 Å². The number of rotatable bonds is 2. The Morgan fingerprint density at radius 3 is 2.50 bits per heavy atom. The van der Waals surface area contributed by atoms with Gasteiger partial charge in [-0.1, -0.05) is 11.6 Å². The van der Waals surface area contributed by atoms with Crippen LogP contribution in [0.1, 0.15) is 5.56 Å². The Labute approximate surface area is 75.9 Å². The van der Waals surface area contributed by atoms with E-state index < -0.39 is 16.5 Å². The summed E-state index contributed by atoms with van der Waals surface area (Å²) in [6.07, 6.45) is 0. The fourth-order valence-electron chi connectivity index (χ4n) is 0.851. The van der Waals surface area contributed by atoms with Gasteiger partial charge in [-0.2, -0.15) is 0 Å². The normalized spacial score (nSPS) is 10.6. The Hall–Kier alpha value is -0.610. The van der Waals surface area contributed by atoms with Gasteiger partial charge in [0.05, 0.1) is 5.75 Å². The van der Waals surface area contributed by atoms with Gasteiger partial charge in [0.25, 0.3) is 0 Å². The number of thiol groups is 1. The van der Waals surface area contributed by atoms with Gasteiger partial charge in [0, 0.05) is 5.02 Å². The number of benzene rings is 1. The second kappa shape index (κ2) is 3.87. The lowest BCUT2D eigenvalue weighted by Crippen LogP contribution is -1.88. The van der Waals surface area contributed by atoms with Crippen molar-refractivity contribution < 1.29 is 12.8 Å². The lowest BCUT2D eigenvalue weighted by molar-refractivity contribution is 0.612. The molecule has 0 heterocycles. The van der Waals surface area contributed by atoms with Crippen LogP contribution in [0.25, 0.3) is 0 Å². The van der Waals surface area contributed by atoms with Gasteiger partial charge in [0.15, 0.2) is 0 Å². The van der Waals surface area contributed by atoms with E-state index in [4.69, 9.17) is 11.6 Å². The highest BCUT2D eigenvalue weighted by atomic mass is 35.5. The van der Waals surface area contributed by atoms with Crippen molar-refractivity contribution >= 4 is 22.3 Å². The molecule has 66 valence electrons. The summed E-state index contributed by atoms with van der Waals surface area (Å²) in [7, 11) is -2.53. The fourth-order valence-corrected chi connectivity index (χ4v) is 1.58. The molecular formula is C7H6ClFO2S. The minimum atomic E-state index is -2.53. The van der Waals surface area contributed by atoms with Crippen molar-refractivity contribution in [2.75, 3.05) is 0 Å². The minimum absolute atomic E-state index is 0.174. The summed E-state index contributed by atoms with van der Waals surface area (Å²) in [5.41, 5.74) is 0.371. The van der Waals surface area contributed by atoms with E-state index in [1.807, 2.05) is 0 Å². The van der Waals surface area contributed by atoms with E-state index in [1.54, 1.807) is 0 Å². The van der Waals surface area contributed by atoms with Crippen molar-refractivity contribution in [1.82, 2.24) is 0 Å². The molecule has 0 unspecified atom stereocenters. The van der Waals surface area contributed by atoms with E-state index in [1.165, 1.54) is 6.07 Å². The van der Waals surface area contributed by atoms with E-state index in [0.29, 0.717) is 5.56 Å². The van der Waals surface area contributed by atoms with Crippen molar-refractivity contribution in [3.63, 3.8) is 0 Å². The van der Waals surface area contributed by atoms with Crippen molar-refractivity contribution in [1.29, 1.82) is 0 Å². The smallest absolute Gasteiger partial charge is 0.144 e. The molecule has 0 atom stereocenters. The zero-order valence-corrected chi connectivity index (χ0v) is 7.61. The Bertz CT molecular complexity index is 334. The van der Waals surface area contributed by atoms with Crippen LogP contribution in [0.4, 0.5) is 4.39 Å². The zero-order valence-electron chi connectivity index (χ0n) is 5.96. The van der Waals surface area contributed by atoms with Gasteiger partial charge in [-0.15, -0.1) is 0 Å². The Balaban J connectivity index is 3.00. The quantitative estimate of drug-likeness (QED) is 0.749. The Kier molecular flexibility index (Phi) is 3.05. The van der Waals surface area contributed by atoms with E-state index >= 15 is 0 Å². The molecule has 0 aliphatic carbocycles. The highest BCUT2D eigenvalue weighted by Crippen LogP contribution is 2.14. The molecule has 1 aromatic carbocycles. The molecule has 2 nitrogen and oxygen atoms in total. The van der Waals surface area contributed by atoms with Gasteiger partial charge < -0.3 is 0 Å². The average molecular weight is 209 g/mol. The second-order valence-electron chi connectivity index (χ2n) is 2.27. The van der Waals surface area contributed by atoms with Crippen molar-refractivity contribution in [2.24, 2.45) is 0 Å². The van der Waals surface area contributed by atoms with E-state index in [-0.39, 0.29) is 10.8 Å². The molecule has 0 aliphatic rings. The van der Waals surface area contributed by atoms with Crippen LogP contribution in [0.2, 0.25) is 5.02 Å². The molecule has 0 spiro atoms. The largest absolute Gasteiger partial charge is 0.232 e. The molecule has 5 heteroatoms. The highest BCUT2D eigenvalue weighted by Gasteiger charge is 1.99. The van der Waals surface area contributed by atoms with Crippen molar-refractivity contribution in [3.05, 3.63) is 34.6 Å². The third-order valence-electron chi connectivity index (χ3n) is 1.23. The highest BCUT2D eigenvalue weighted by molar-refractivity contribution is 7.71. The standard InChI is InChI=1S/C7H6ClFO2S/c8-6-1-5(4-12(10)11)2-7(9)3-6/h1-3,12H,4H2. The Morgan fingerprint density at radius 1 is 1.33 bits per heavy atom. The number of halogens is 2. The second-order valence-corrected chi connectivity index (χ2v) is 3.69. The first-order chi connectivity index (χ1) is 5.58. The summed E-state index contributed by atoms with van der Waals surface area (Å²) in [6.45, 7) is 0. The SMILES string of the molecule is O=[SH](=O)Cc1cc(F)cc(Cl)c1. The molecule has 0 N–H and O–H groups in total. The first-order valence-electron chi connectivity index (χ1n) is 3.14. The summed E-state index contributed by atoms with van der Waals surface area (Å²) in [6, 6.07) is 3.70. The molecule has 0 radical (unpaired) electrons. The lowest BCUT2D eigenvalue weighted by Gasteiger charge is -1.96. The van der Waals surface area contributed by atoms with Crippen LogP contribution in [-0.2, 0) is 16.5 Å². The molecular weight excluding hydrogens is 203 g/mol. The number of hydrogen-bond acceptors (Lipinski definition) is 2. The van der Waals surface area contributed by atoms with Gasteiger partial charge >= 0.3 is 0 Å². The molecule has 0 aliphatic heterocycles. The van der Waals surface area contributed by atoms with Gasteiger partial charge in [-0.3, -0.25) is 0 Å². The molecule has 1 rings (SSSR count). The minimum Gasteiger partial charge on any atom is -0.232 e. The van der Waals surface area contributed by atoms with Crippen LogP contribution >= 0.6 is 11.6 Å². The molecule has 0 saturated carbocycles. The van der Waals surface area contributed by atoms with Crippen LogP contribution < -0.4 is 0 Å². The molecule has 0 fully saturated rings. The first kappa shape index (κ1) is 9.48. The van der Waals surface area contributed by atoms with E-state index in [9.17, 15) is 12.8 Å². The average Bonchev–Trinajstić information content (AvgIpc) is 1.81. The monoisotopic (exact) mass is 208 g/mol. The maximum Gasteiger partial charge on any atom is 0.144 e. The summed E-state index contributed by atoms with van der Waals surface area (Å²) in [5.74, 6) is -0.693. The fraction of sp³-hybridized carbons (Fsp3) is 0.143. The predicted octanol–water partition coefficient (Wildman–Crippen LogP) is 1.59.